The number of aliphatic hydroxyl groups excluding tert-OH is 1. The molecule has 1 unspecified atom stereocenters. The van der Waals surface area contributed by atoms with Gasteiger partial charge in [0.25, 0.3) is 0 Å². The Morgan fingerprint density at radius 1 is 1.63 bits per heavy atom. The molecule has 0 spiro atoms. The molecule has 0 bridgehead atoms. The third-order valence-corrected chi connectivity index (χ3v) is 3.82. The number of carbonyl (C=O) groups excluding carboxylic acids is 2. The van der Waals surface area contributed by atoms with Gasteiger partial charge in [0, 0.05) is 13.1 Å². The van der Waals surface area contributed by atoms with Gasteiger partial charge in [0.2, 0.25) is 5.91 Å². The predicted octanol–water partition coefficient (Wildman–Crippen LogP) is 0.540. The van der Waals surface area contributed by atoms with Gasteiger partial charge in [-0.1, -0.05) is 0 Å². The number of anilines is 1. The van der Waals surface area contributed by atoms with Crippen molar-refractivity contribution in [2.24, 2.45) is 0 Å². The Hall–Kier alpha value is -1.44. The van der Waals surface area contributed by atoms with E-state index in [4.69, 9.17) is 0 Å². The van der Waals surface area contributed by atoms with Gasteiger partial charge in [0.15, 0.2) is 0 Å². The SMILES string of the molecule is COC(=O)c1sccc1NC(=O)CN1CCC(O)C1. The van der Waals surface area contributed by atoms with Crippen molar-refractivity contribution in [2.45, 2.75) is 12.5 Å². The summed E-state index contributed by atoms with van der Waals surface area (Å²) in [5, 5.41) is 13.8. The Kier molecular flexibility index (Phi) is 4.52. The lowest BCUT2D eigenvalue weighted by atomic mass is 10.3. The van der Waals surface area contributed by atoms with Gasteiger partial charge in [-0.15, -0.1) is 11.3 Å². The van der Waals surface area contributed by atoms with Crippen molar-refractivity contribution >= 4 is 28.9 Å². The topological polar surface area (TPSA) is 78.9 Å². The Morgan fingerprint density at radius 3 is 3.05 bits per heavy atom. The minimum absolute atomic E-state index is 0.197. The van der Waals surface area contributed by atoms with Crippen LogP contribution in [0.1, 0.15) is 16.1 Å². The van der Waals surface area contributed by atoms with Crippen LogP contribution in [0.5, 0.6) is 0 Å². The van der Waals surface area contributed by atoms with E-state index < -0.39 is 5.97 Å². The number of hydrogen-bond acceptors (Lipinski definition) is 6. The number of hydrogen-bond donors (Lipinski definition) is 2. The van der Waals surface area contributed by atoms with Gasteiger partial charge < -0.3 is 15.2 Å². The molecule has 0 aliphatic carbocycles. The maximum absolute atomic E-state index is 11.9. The summed E-state index contributed by atoms with van der Waals surface area (Å²) in [6.07, 6.45) is 0.346. The van der Waals surface area contributed by atoms with Crippen molar-refractivity contribution in [1.82, 2.24) is 4.90 Å². The van der Waals surface area contributed by atoms with E-state index in [9.17, 15) is 14.7 Å². The number of nitrogens with one attached hydrogen (secondary N) is 1. The number of amides is 1. The first-order valence-electron chi connectivity index (χ1n) is 5.96. The van der Waals surface area contributed by atoms with Gasteiger partial charge >= 0.3 is 5.97 Å². The Labute approximate surface area is 115 Å². The highest BCUT2D eigenvalue weighted by molar-refractivity contribution is 7.12. The van der Waals surface area contributed by atoms with Crippen LogP contribution in [0.25, 0.3) is 0 Å². The summed E-state index contributed by atoms with van der Waals surface area (Å²) >= 11 is 1.22. The molecule has 2 N–H and O–H groups in total. The fourth-order valence-corrected chi connectivity index (χ4v) is 2.77. The van der Waals surface area contributed by atoms with Gasteiger partial charge in [-0.3, -0.25) is 9.69 Å². The Morgan fingerprint density at radius 2 is 2.42 bits per heavy atom. The van der Waals surface area contributed by atoms with Crippen molar-refractivity contribution in [3.05, 3.63) is 16.3 Å². The molecule has 1 atom stereocenters. The summed E-state index contributed by atoms with van der Waals surface area (Å²) in [5.41, 5.74) is 0.474. The van der Waals surface area contributed by atoms with Gasteiger partial charge in [-0.25, -0.2) is 4.79 Å². The largest absolute Gasteiger partial charge is 0.465 e. The van der Waals surface area contributed by atoms with Crippen LogP contribution >= 0.6 is 11.3 Å². The summed E-state index contributed by atoms with van der Waals surface area (Å²) < 4.78 is 4.64. The molecule has 7 heteroatoms. The molecule has 1 amide bonds. The maximum Gasteiger partial charge on any atom is 0.350 e. The first-order valence-corrected chi connectivity index (χ1v) is 6.84. The number of ether oxygens (including phenoxy) is 1. The molecule has 0 saturated carbocycles. The zero-order valence-corrected chi connectivity index (χ0v) is 11.4. The minimum Gasteiger partial charge on any atom is -0.465 e. The average Bonchev–Trinajstić information content (AvgIpc) is 2.97. The second-order valence-electron chi connectivity index (χ2n) is 4.38. The summed E-state index contributed by atoms with van der Waals surface area (Å²) in [6.45, 7) is 1.44. The fraction of sp³-hybridized carbons (Fsp3) is 0.500. The lowest BCUT2D eigenvalue weighted by Gasteiger charge is -2.14. The molecule has 2 rings (SSSR count). The molecular weight excluding hydrogens is 268 g/mol. The van der Waals surface area contributed by atoms with Crippen molar-refractivity contribution in [1.29, 1.82) is 0 Å². The monoisotopic (exact) mass is 284 g/mol. The van der Waals surface area contributed by atoms with Crippen LogP contribution in [-0.2, 0) is 9.53 Å². The standard InChI is InChI=1S/C12H16N2O4S/c1-18-12(17)11-9(3-5-19-11)13-10(16)7-14-4-2-8(15)6-14/h3,5,8,15H,2,4,6-7H2,1H3,(H,13,16). The average molecular weight is 284 g/mol. The molecular formula is C12H16N2O4S. The quantitative estimate of drug-likeness (QED) is 0.789. The Bertz CT molecular complexity index is 474. The number of β-amino-alcohol motifs (C(OH)–C–C–N with tert-alkyl or cyclic N) is 1. The van der Waals surface area contributed by atoms with Gasteiger partial charge in [0.1, 0.15) is 4.88 Å². The van der Waals surface area contributed by atoms with Crippen LogP contribution in [0, 0.1) is 0 Å². The van der Waals surface area contributed by atoms with Crippen molar-refractivity contribution in [2.75, 3.05) is 32.1 Å². The highest BCUT2D eigenvalue weighted by Crippen LogP contribution is 2.23. The number of likely N-dealkylation sites (tertiary alicyclic amines) is 1. The second-order valence-corrected chi connectivity index (χ2v) is 5.30. The summed E-state index contributed by atoms with van der Waals surface area (Å²) in [7, 11) is 1.30. The van der Waals surface area contributed by atoms with E-state index in [0.29, 0.717) is 30.1 Å². The molecule has 2 heterocycles. The smallest absolute Gasteiger partial charge is 0.350 e. The normalized spacial score (nSPS) is 19.4. The van der Waals surface area contributed by atoms with E-state index >= 15 is 0 Å². The number of esters is 1. The first kappa shape index (κ1) is 14.0. The third kappa shape index (κ3) is 3.52. The van der Waals surface area contributed by atoms with E-state index in [1.807, 2.05) is 4.90 Å². The van der Waals surface area contributed by atoms with Crippen LogP contribution < -0.4 is 5.32 Å². The van der Waals surface area contributed by atoms with Crippen LogP contribution in [0.3, 0.4) is 0 Å². The summed E-state index contributed by atoms with van der Waals surface area (Å²) in [4.78, 5) is 25.6. The zero-order valence-electron chi connectivity index (χ0n) is 10.6. The Balaban J connectivity index is 1.92. The molecule has 1 saturated heterocycles. The number of methoxy groups -OCH3 is 1. The van der Waals surface area contributed by atoms with E-state index in [1.54, 1.807) is 11.4 Å². The zero-order chi connectivity index (χ0) is 13.8. The molecule has 104 valence electrons. The highest BCUT2D eigenvalue weighted by atomic mass is 32.1. The van der Waals surface area contributed by atoms with E-state index in [2.05, 4.69) is 10.1 Å². The van der Waals surface area contributed by atoms with Crippen molar-refractivity contribution < 1.29 is 19.4 Å². The summed E-state index contributed by atoms with van der Waals surface area (Å²) in [5.74, 6) is -0.653. The van der Waals surface area contributed by atoms with Gasteiger partial charge in [-0.2, -0.15) is 0 Å². The van der Waals surface area contributed by atoms with Crippen molar-refractivity contribution in [3.8, 4) is 0 Å². The predicted molar refractivity (Wildman–Crippen MR) is 71.4 cm³/mol. The van der Waals surface area contributed by atoms with Crippen molar-refractivity contribution in [3.63, 3.8) is 0 Å². The molecule has 1 aromatic heterocycles. The number of carbonyl (C=O) groups is 2. The lowest BCUT2D eigenvalue weighted by Crippen LogP contribution is -2.32. The van der Waals surface area contributed by atoms with E-state index in [0.717, 1.165) is 0 Å². The molecule has 0 aromatic carbocycles. The molecule has 1 aromatic rings. The fourth-order valence-electron chi connectivity index (χ4n) is 2.01. The van der Waals surface area contributed by atoms with Crippen LogP contribution in [-0.4, -0.2) is 54.7 Å². The molecule has 1 fully saturated rings. The molecule has 0 radical (unpaired) electrons. The second kappa shape index (κ2) is 6.14. The van der Waals surface area contributed by atoms with E-state index in [1.165, 1.54) is 18.4 Å². The lowest BCUT2D eigenvalue weighted by molar-refractivity contribution is -0.117. The van der Waals surface area contributed by atoms with E-state index in [-0.39, 0.29) is 18.6 Å². The first-order chi connectivity index (χ1) is 9.10. The molecule has 1 aliphatic heterocycles. The third-order valence-electron chi connectivity index (χ3n) is 2.92. The van der Waals surface area contributed by atoms with Crippen LogP contribution in [0.15, 0.2) is 11.4 Å². The molecule has 19 heavy (non-hydrogen) atoms. The van der Waals surface area contributed by atoms with Gasteiger partial charge in [-0.05, 0) is 17.9 Å². The van der Waals surface area contributed by atoms with Crippen LogP contribution in [0.4, 0.5) is 5.69 Å². The number of aliphatic hydroxyl groups is 1. The number of nitrogens with zero attached hydrogens (tertiary/aromatic N) is 1. The molecule has 6 nitrogen and oxygen atoms in total. The summed E-state index contributed by atoms with van der Waals surface area (Å²) in [6, 6.07) is 1.67. The maximum atomic E-state index is 11.9. The number of thiophene rings is 1. The van der Waals surface area contributed by atoms with Gasteiger partial charge in [0.05, 0.1) is 25.4 Å². The minimum atomic E-state index is -0.457. The molecule has 1 aliphatic rings. The highest BCUT2D eigenvalue weighted by Gasteiger charge is 2.23. The van der Waals surface area contributed by atoms with Crippen LogP contribution in [0.2, 0.25) is 0 Å². The number of rotatable bonds is 4.